The first-order valence-corrected chi connectivity index (χ1v) is 7.12. The summed E-state index contributed by atoms with van der Waals surface area (Å²) in [6.07, 6.45) is 1.00. The maximum absolute atomic E-state index is 10.8. The fourth-order valence-corrected chi connectivity index (χ4v) is 2.79. The van der Waals surface area contributed by atoms with Crippen molar-refractivity contribution in [1.29, 1.82) is 0 Å². The number of hydrogen-bond acceptors (Lipinski definition) is 3. The Kier molecular flexibility index (Phi) is 4.71. The van der Waals surface area contributed by atoms with E-state index >= 15 is 0 Å². The summed E-state index contributed by atoms with van der Waals surface area (Å²) in [6.45, 7) is 2.84. The number of carboxylic acid groups (broad SMARTS) is 1. The summed E-state index contributed by atoms with van der Waals surface area (Å²) < 4.78 is 0. The summed E-state index contributed by atoms with van der Waals surface area (Å²) in [5.74, 6) is -0.855. The van der Waals surface area contributed by atoms with Crippen molar-refractivity contribution < 1.29 is 9.90 Å². The van der Waals surface area contributed by atoms with E-state index in [9.17, 15) is 4.79 Å². The predicted octanol–water partition coefficient (Wildman–Crippen LogP) is 3.69. The van der Waals surface area contributed by atoms with Crippen molar-refractivity contribution in [2.24, 2.45) is 0 Å². The van der Waals surface area contributed by atoms with Crippen LogP contribution < -0.4 is 5.32 Å². The van der Waals surface area contributed by atoms with E-state index in [-0.39, 0.29) is 0 Å². The number of aromatic carboxylic acids is 1. The minimum absolute atomic E-state index is 0.302. The van der Waals surface area contributed by atoms with E-state index in [0.29, 0.717) is 17.5 Å². The Balaban J connectivity index is 1.98. The second-order valence-electron chi connectivity index (χ2n) is 4.32. The number of rotatable bonds is 6. The van der Waals surface area contributed by atoms with Crippen LogP contribution in [0, 0.1) is 0 Å². The minimum Gasteiger partial charge on any atom is -0.477 e. The average Bonchev–Trinajstić information content (AvgIpc) is 2.90. The second kappa shape index (κ2) is 6.50. The molecule has 0 aliphatic carbocycles. The molecule has 19 heavy (non-hydrogen) atoms. The van der Waals surface area contributed by atoms with Gasteiger partial charge in [0.1, 0.15) is 4.88 Å². The summed E-state index contributed by atoms with van der Waals surface area (Å²) in [5, 5.41) is 12.4. The molecule has 2 aromatic rings. The van der Waals surface area contributed by atoms with Crippen molar-refractivity contribution in [1.82, 2.24) is 5.32 Å². The van der Waals surface area contributed by atoms with Crippen LogP contribution in [0.3, 0.4) is 0 Å². The molecule has 0 bridgehead atoms. The molecule has 1 aromatic heterocycles. The third-order valence-electron chi connectivity index (χ3n) is 3.01. The Bertz CT molecular complexity index is 536. The lowest BCUT2D eigenvalue weighted by Crippen LogP contribution is -2.19. The average molecular weight is 275 g/mol. The molecule has 0 saturated heterocycles. The van der Waals surface area contributed by atoms with Gasteiger partial charge in [-0.15, -0.1) is 11.3 Å². The van der Waals surface area contributed by atoms with Crippen molar-refractivity contribution in [2.45, 2.75) is 25.9 Å². The molecule has 2 rings (SSSR count). The summed E-state index contributed by atoms with van der Waals surface area (Å²) in [5.41, 5.74) is 1.26. The van der Waals surface area contributed by atoms with Gasteiger partial charge in [-0.25, -0.2) is 4.79 Å². The Labute approximate surface area is 116 Å². The van der Waals surface area contributed by atoms with Crippen LogP contribution in [-0.4, -0.2) is 11.1 Å². The molecule has 0 aliphatic heterocycles. The maximum atomic E-state index is 10.8. The van der Waals surface area contributed by atoms with Crippen molar-refractivity contribution in [3.8, 4) is 0 Å². The second-order valence-corrected chi connectivity index (χ2v) is 5.49. The van der Waals surface area contributed by atoms with Gasteiger partial charge in [0.25, 0.3) is 0 Å². The molecule has 0 aliphatic rings. The van der Waals surface area contributed by atoms with E-state index in [0.717, 1.165) is 11.3 Å². The molecular weight excluding hydrogens is 258 g/mol. The number of thiophene rings is 1. The highest BCUT2D eigenvalue weighted by Gasteiger charge is 2.10. The summed E-state index contributed by atoms with van der Waals surface area (Å²) in [7, 11) is 0. The van der Waals surface area contributed by atoms with Gasteiger partial charge in [0, 0.05) is 17.5 Å². The third-order valence-corrected chi connectivity index (χ3v) is 4.08. The van der Waals surface area contributed by atoms with E-state index in [2.05, 4.69) is 24.4 Å². The van der Waals surface area contributed by atoms with Gasteiger partial charge < -0.3 is 10.4 Å². The Morgan fingerprint density at radius 1 is 1.26 bits per heavy atom. The van der Waals surface area contributed by atoms with Crippen LogP contribution in [0.25, 0.3) is 0 Å². The van der Waals surface area contributed by atoms with E-state index in [1.807, 2.05) is 24.3 Å². The molecular formula is C15H17NO2S. The van der Waals surface area contributed by atoms with Crippen LogP contribution in [-0.2, 0) is 6.54 Å². The Hall–Kier alpha value is -1.65. The van der Waals surface area contributed by atoms with E-state index in [1.54, 1.807) is 6.07 Å². The summed E-state index contributed by atoms with van der Waals surface area (Å²) >= 11 is 1.33. The van der Waals surface area contributed by atoms with Gasteiger partial charge in [-0.1, -0.05) is 37.3 Å². The van der Waals surface area contributed by atoms with Crippen molar-refractivity contribution in [3.63, 3.8) is 0 Å². The lowest BCUT2D eigenvalue weighted by atomic mass is 10.0. The fourth-order valence-electron chi connectivity index (χ4n) is 1.99. The molecule has 1 aromatic carbocycles. The van der Waals surface area contributed by atoms with Gasteiger partial charge in [-0.05, 0) is 24.1 Å². The number of hydrogen-bond donors (Lipinski definition) is 2. The molecule has 0 radical (unpaired) electrons. The SMILES string of the molecule is CCC(NCc1ccc(C(=O)O)s1)c1ccccc1. The largest absolute Gasteiger partial charge is 0.477 e. The number of nitrogens with one attached hydrogen (secondary N) is 1. The molecule has 0 fully saturated rings. The van der Waals surface area contributed by atoms with Gasteiger partial charge in [0.2, 0.25) is 0 Å². The Morgan fingerprint density at radius 3 is 2.58 bits per heavy atom. The lowest BCUT2D eigenvalue weighted by molar-refractivity contribution is 0.0702. The highest BCUT2D eigenvalue weighted by atomic mass is 32.1. The van der Waals surface area contributed by atoms with Gasteiger partial charge in [-0.2, -0.15) is 0 Å². The fraction of sp³-hybridized carbons (Fsp3) is 0.267. The standard InChI is InChI=1S/C15H17NO2S/c1-2-13(11-6-4-3-5-7-11)16-10-12-8-9-14(19-12)15(17)18/h3-9,13,16H,2,10H2,1H3,(H,17,18). The van der Waals surface area contributed by atoms with E-state index in [4.69, 9.17) is 5.11 Å². The van der Waals surface area contributed by atoms with Crippen molar-refractivity contribution in [3.05, 3.63) is 57.8 Å². The van der Waals surface area contributed by atoms with Crippen molar-refractivity contribution >= 4 is 17.3 Å². The normalized spacial score (nSPS) is 12.3. The van der Waals surface area contributed by atoms with Crippen LogP contribution in [0.15, 0.2) is 42.5 Å². The maximum Gasteiger partial charge on any atom is 0.345 e. The lowest BCUT2D eigenvalue weighted by Gasteiger charge is -2.16. The highest BCUT2D eigenvalue weighted by Crippen LogP contribution is 2.20. The van der Waals surface area contributed by atoms with Gasteiger partial charge in [0.05, 0.1) is 0 Å². The molecule has 2 N–H and O–H groups in total. The molecule has 1 unspecified atom stereocenters. The highest BCUT2D eigenvalue weighted by molar-refractivity contribution is 7.13. The van der Waals surface area contributed by atoms with E-state index in [1.165, 1.54) is 16.9 Å². The zero-order valence-corrected chi connectivity index (χ0v) is 11.6. The van der Waals surface area contributed by atoms with Gasteiger partial charge in [0.15, 0.2) is 0 Å². The van der Waals surface area contributed by atoms with Crippen LogP contribution in [0.4, 0.5) is 0 Å². The molecule has 3 nitrogen and oxygen atoms in total. The monoisotopic (exact) mass is 275 g/mol. The van der Waals surface area contributed by atoms with Crippen LogP contribution in [0.2, 0.25) is 0 Å². The first-order valence-electron chi connectivity index (χ1n) is 6.31. The third kappa shape index (κ3) is 3.66. The van der Waals surface area contributed by atoms with E-state index < -0.39 is 5.97 Å². The Morgan fingerprint density at radius 2 is 2.00 bits per heavy atom. The minimum atomic E-state index is -0.855. The van der Waals surface area contributed by atoms with Crippen molar-refractivity contribution in [2.75, 3.05) is 0 Å². The summed E-state index contributed by atoms with van der Waals surface area (Å²) in [4.78, 5) is 12.3. The molecule has 0 amide bonds. The molecule has 1 atom stereocenters. The first kappa shape index (κ1) is 13.8. The molecule has 1 heterocycles. The predicted molar refractivity (Wildman–Crippen MR) is 77.6 cm³/mol. The molecule has 0 saturated carbocycles. The first-order chi connectivity index (χ1) is 9.20. The number of carboxylic acids is 1. The number of benzene rings is 1. The quantitative estimate of drug-likeness (QED) is 0.845. The van der Waals surface area contributed by atoms with Gasteiger partial charge >= 0.3 is 5.97 Å². The van der Waals surface area contributed by atoms with Crippen LogP contribution in [0.1, 0.15) is 39.5 Å². The zero-order valence-electron chi connectivity index (χ0n) is 10.8. The van der Waals surface area contributed by atoms with Gasteiger partial charge in [-0.3, -0.25) is 0 Å². The molecule has 0 spiro atoms. The summed E-state index contributed by atoms with van der Waals surface area (Å²) in [6, 6.07) is 14.1. The smallest absolute Gasteiger partial charge is 0.345 e. The zero-order chi connectivity index (χ0) is 13.7. The topological polar surface area (TPSA) is 49.3 Å². The molecule has 100 valence electrons. The number of carbonyl (C=O) groups is 1. The molecule has 4 heteroatoms. The van der Waals surface area contributed by atoms with Crippen LogP contribution in [0.5, 0.6) is 0 Å². The van der Waals surface area contributed by atoms with Crippen LogP contribution >= 0.6 is 11.3 Å².